The number of halogens is 7. The SMILES string of the molecule is O=C(Cc1ccc(C(F)(F)F)cc1C(F)(F)F)N(Cc1nnc(N2CCS(O)(O)CC2)o1)c1ccc(F)cc1. The second-order valence-electron chi connectivity index (χ2n) is 8.68. The van der Waals surface area contributed by atoms with Gasteiger partial charge in [-0.3, -0.25) is 13.9 Å². The summed E-state index contributed by atoms with van der Waals surface area (Å²) in [7, 11) is -2.70. The Hall–Kier alpha value is -3.37. The van der Waals surface area contributed by atoms with E-state index in [4.69, 9.17) is 4.42 Å². The second kappa shape index (κ2) is 10.7. The molecule has 3 aromatic rings. The predicted molar refractivity (Wildman–Crippen MR) is 127 cm³/mol. The van der Waals surface area contributed by atoms with E-state index in [0.717, 1.165) is 17.0 Å². The van der Waals surface area contributed by atoms with Crippen LogP contribution in [0, 0.1) is 5.82 Å². The minimum Gasteiger partial charge on any atom is -0.406 e. The summed E-state index contributed by atoms with van der Waals surface area (Å²) in [6.45, 7) is -0.0279. The van der Waals surface area contributed by atoms with Gasteiger partial charge in [-0.15, -0.1) is 5.10 Å². The molecular formula is C23H21F7N4O4S. The topological polar surface area (TPSA) is 103 Å². The lowest BCUT2D eigenvalue weighted by atomic mass is 10.00. The molecule has 1 aliphatic rings. The molecule has 1 saturated heterocycles. The highest BCUT2D eigenvalue weighted by atomic mass is 32.3. The van der Waals surface area contributed by atoms with Crippen molar-refractivity contribution in [3.63, 3.8) is 0 Å². The quantitative estimate of drug-likeness (QED) is 0.365. The number of carbonyl (C=O) groups is 1. The van der Waals surface area contributed by atoms with Crippen molar-refractivity contribution in [2.45, 2.75) is 25.3 Å². The Morgan fingerprint density at radius 3 is 2.21 bits per heavy atom. The zero-order chi connectivity index (χ0) is 28.6. The van der Waals surface area contributed by atoms with Crippen LogP contribution in [0.4, 0.5) is 42.4 Å². The first-order chi connectivity index (χ1) is 18.1. The molecule has 1 aromatic heterocycles. The van der Waals surface area contributed by atoms with Gasteiger partial charge in [-0.2, -0.15) is 36.9 Å². The van der Waals surface area contributed by atoms with Gasteiger partial charge in [-0.05, 0) is 42.0 Å². The summed E-state index contributed by atoms with van der Waals surface area (Å²) in [5.41, 5.74) is -3.75. The van der Waals surface area contributed by atoms with Crippen molar-refractivity contribution in [1.82, 2.24) is 10.2 Å². The van der Waals surface area contributed by atoms with Gasteiger partial charge in [0.15, 0.2) is 0 Å². The molecule has 212 valence electrons. The maximum absolute atomic E-state index is 13.6. The number of nitrogens with zero attached hydrogens (tertiary/aromatic N) is 4. The lowest BCUT2D eigenvalue weighted by Crippen LogP contribution is -2.38. The summed E-state index contributed by atoms with van der Waals surface area (Å²) >= 11 is 0. The molecule has 16 heteroatoms. The van der Waals surface area contributed by atoms with Crippen LogP contribution in [-0.2, 0) is 30.1 Å². The third kappa shape index (κ3) is 6.99. The standard InChI is InChI=1S/C23H21F7N4O4S/c24-16-3-5-17(6-4-16)34(13-19-31-32-21(38-19)33-7-9-39(36,37)10-8-33)20(35)11-14-1-2-15(22(25,26)27)12-18(14)23(28,29)30/h1-6,12,36-37H,7-11,13H2. The molecule has 1 aliphatic heterocycles. The van der Waals surface area contributed by atoms with Crippen molar-refractivity contribution in [2.24, 2.45) is 0 Å². The molecule has 2 heterocycles. The van der Waals surface area contributed by atoms with Crippen LogP contribution in [0.25, 0.3) is 0 Å². The van der Waals surface area contributed by atoms with E-state index in [1.165, 1.54) is 12.1 Å². The smallest absolute Gasteiger partial charge is 0.406 e. The van der Waals surface area contributed by atoms with Gasteiger partial charge in [-0.1, -0.05) is 11.2 Å². The number of carbonyl (C=O) groups excluding carboxylic acids is 1. The Bertz CT molecular complexity index is 1320. The summed E-state index contributed by atoms with van der Waals surface area (Å²) in [5.74, 6) is -1.58. The van der Waals surface area contributed by atoms with Gasteiger partial charge < -0.3 is 14.2 Å². The molecule has 1 amide bonds. The Balaban J connectivity index is 1.61. The zero-order valence-corrected chi connectivity index (χ0v) is 20.7. The number of anilines is 2. The molecule has 0 saturated carbocycles. The third-order valence-corrected chi connectivity index (χ3v) is 7.59. The van der Waals surface area contributed by atoms with Crippen molar-refractivity contribution >= 4 is 28.2 Å². The molecule has 0 atom stereocenters. The van der Waals surface area contributed by atoms with Crippen LogP contribution in [0.1, 0.15) is 22.6 Å². The fourth-order valence-electron chi connectivity index (χ4n) is 3.86. The highest BCUT2D eigenvalue weighted by Gasteiger charge is 2.38. The summed E-state index contributed by atoms with van der Waals surface area (Å²) in [6.07, 6.45) is -11.1. The Morgan fingerprint density at radius 2 is 1.62 bits per heavy atom. The first-order valence-corrected chi connectivity index (χ1v) is 13.1. The van der Waals surface area contributed by atoms with Crippen LogP contribution >= 0.6 is 10.6 Å². The van der Waals surface area contributed by atoms with Crippen LogP contribution in [0.5, 0.6) is 0 Å². The van der Waals surface area contributed by atoms with Crippen LogP contribution in [0.15, 0.2) is 46.9 Å². The summed E-state index contributed by atoms with van der Waals surface area (Å²) < 4.78 is 119. The van der Waals surface area contributed by atoms with Crippen LogP contribution in [0.2, 0.25) is 0 Å². The average molecular weight is 582 g/mol. The largest absolute Gasteiger partial charge is 0.416 e. The van der Waals surface area contributed by atoms with E-state index < -0.39 is 64.3 Å². The van der Waals surface area contributed by atoms with Crippen LogP contribution in [0.3, 0.4) is 0 Å². The third-order valence-electron chi connectivity index (χ3n) is 5.92. The molecule has 2 N–H and O–H groups in total. The molecule has 4 rings (SSSR count). The van der Waals surface area contributed by atoms with Crippen molar-refractivity contribution in [3.05, 3.63) is 70.9 Å². The molecule has 39 heavy (non-hydrogen) atoms. The van der Waals surface area contributed by atoms with E-state index in [1.807, 2.05) is 0 Å². The van der Waals surface area contributed by atoms with E-state index in [2.05, 4.69) is 10.2 Å². The van der Waals surface area contributed by atoms with E-state index in [9.17, 15) is 44.6 Å². The molecule has 2 aromatic carbocycles. The minimum absolute atomic E-state index is 0.0218. The lowest BCUT2D eigenvalue weighted by molar-refractivity contribution is -0.143. The van der Waals surface area contributed by atoms with E-state index in [0.29, 0.717) is 12.1 Å². The number of rotatable bonds is 6. The van der Waals surface area contributed by atoms with Crippen molar-refractivity contribution in [2.75, 3.05) is 34.4 Å². The van der Waals surface area contributed by atoms with Crippen LogP contribution < -0.4 is 9.80 Å². The van der Waals surface area contributed by atoms with Gasteiger partial charge in [-0.25, -0.2) is 4.39 Å². The van der Waals surface area contributed by atoms with Gasteiger partial charge in [0.05, 0.1) is 29.1 Å². The van der Waals surface area contributed by atoms with Gasteiger partial charge in [0.25, 0.3) is 0 Å². The fourth-order valence-corrected chi connectivity index (χ4v) is 5.09. The molecule has 0 bridgehead atoms. The number of benzene rings is 2. The summed E-state index contributed by atoms with van der Waals surface area (Å²) in [4.78, 5) is 15.8. The second-order valence-corrected chi connectivity index (χ2v) is 11.1. The van der Waals surface area contributed by atoms with E-state index in [-0.39, 0.29) is 48.3 Å². The van der Waals surface area contributed by atoms with Crippen LogP contribution in [-0.4, -0.2) is 49.8 Å². The molecule has 8 nitrogen and oxygen atoms in total. The number of alkyl halides is 6. The zero-order valence-electron chi connectivity index (χ0n) is 19.8. The highest BCUT2D eigenvalue weighted by Crippen LogP contribution is 2.41. The summed E-state index contributed by atoms with van der Waals surface area (Å²) in [6, 6.07) is 5.43. The first kappa shape index (κ1) is 28.6. The van der Waals surface area contributed by atoms with Crippen molar-refractivity contribution in [1.29, 1.82) is 0 Å². The molecule has 0 spiro atoms. The van der Waals surface area contributed by atoms with Crippen molar-refractivity contribution < 1.29 is 49.1 Å². The highest BCUT2D eigenvalue weighted by molar-refractivity contribution is 8.24. The summed E-state index contributed by atoms with van der Waals surface area (Å²) in [5, 5.41) is 7.72. The molecule has 0 radical (unpaired) electrons. The normalized spacial score (nSPS) is 16.7. The predicted octanol–water partition coefficient (Wildman–Crippen LogP) is 5.59. The first-order valence-electron chi connectivity index (χ1n) is 11.3. The van der Waals surface area contributed by atoms with E-state index >= 15 is 0 Å². The monoisotopic (exact) mass is 582 g/mol. The van der Waals surface area contributed by atoms with Gasteiger partial charge in [0.1, 0.15) is 12.4 Å². The number of hydrogen-bond acceptors (Lipinski definition) is 7. The number of aromatic nitrogens is 2. The Morgan fingerprint density at radius 1 is 0.974 bits per heavy atom. The Kier molecular flexibility index (Phi) is 7.82. The maximum Gasteiger partial charge on any atom is 0.416 e. The Labute approximate surface area is 218 Å². The molecule has 0 aliphatic carbocycles. The maximum atomic E-state index is 13.6. The van der Waals surface area contributed by atoms with Gasteiger partial charge in [0, 0.05) is 18.8 Å². The number of hydrogen-bond donors (Lipinski definition) is 2. The fraction of sp³-hybridized carbons (Fsp3) is 0.348. The molecule has 1 fully saturated rings. The van der Waals surface area contributed by atoms with Gasteiger partial charge in [0.2, 0.25) is 11.8 Å². The number of amides is 1. The average Bonchev–Trinajstić information content (AvgIpc) is 3.30. The van der Waals surface area contributed by atoms with E-state index in [1.54, 1.807) is 4.90 Å². The minimum atomic E-state index is -5.17. The lowest BCUT2D eigenvalue weighted by Gasteiger charge is -2.40. The van der Waals surface area contributed by atoms with Gasteiger partial charge >= 0.3 is 18.4 Å². The molecule has 0 unspecified atom stereocenters. The van der Waals surface area contributed by atoms with Crippen molar-refractivity contribution in [3.8, 4) is 0 Å². The molecular weight excluding hydrogens is 561 g/mol.